The van der Waals surface area contributed by atoms with E-state index in [-0.39, 0.29) is 5.41 Å². The second kappa shape index (κ2) is 4.55. The maximum atomic E-state index is 6.21. The molecule has 0 fully saturated rings. The van der Waals surface area contributed by atoms with Crippen molar-refractivity contribution in [2.45, 2.75) is 26.2 Å². The Labute approximate surface area is 119 Å². The minimum absolute atomic E-state index is 0.167. The van der Waals surface area contributed by atoms with E-state index >= 15 is 0 Å². The van der Waals surface area contributed by atoms with Crippen molar-refractivity contribution in [2.24, 2.45) is 0 Å². The molecule has 18 heavy (non-hydrogen) atoms. The van der Waals surface area contributed by atoms with Crippen LogP contribution in [0.25, 0.3) is 5.69 Å². The Morgan fingerprint density at radius 2 is 2.00 bits per heavy atom. The fourth-order valence-electron chi connectivity index (χ4n) is 1.81. The zero-order valence-electron chi connectivity index (χ0n) is 10.4. The molecule has 0 aliphatic carbocycles. The lowest BCUT2D eigenvalue weighted by atomic mass is 9.91. The number of aromatic nitrogens is 3. The average Bonchev–Trinajstić information content (AvgIpc) is 2.63. The molecule has 4 nitrogen and oxygen atoms in total. The Hall–Kier alpha value is -1.07. The van der Waals surface area contributed by atoms with Crippen LogP contribution in [0.2, 0.25) is 5.02 Å². The van der Waals surface area contributed by atoms with Crippen molar-refractivity contribution in [3.05, 3.63) is 33.4 Å². The molecule has 0 amide bonds. The lowest BCUT2D eigenvalue weighted by molar-refractivity contribution is 0.544. The number of nitrogens with zero attached hydrogens (tertiary/aromatic N) is 3. The number of benzene rings is 1. The number of nitrogens with two attached hydrogens (primary N) is 1. The van der Waals surface area contributed by atoms with Gasteiger partial charge in [-0.1, -0.05) is 53.5 Å². The molecule has 0 aliphatic rings. The van der Waals surface area contributed by atoms with E-state index < -0.39 is 0 Å². The number of rotatable bonds is 1. The molecule has 6 heteroatoms. The maximum absolute atomic E-state index is 6.21. The van der Waals surface area contributed by atoms with Crippen molar-refractivity contribution >= 4 is 33.3 Å². The van der Waals surface area contributed by atoms with E-state index in [1.165, 1.54) is 0 Å². The van der Waals surface area contributed by atoms with Crippen molar-refractivity contribution in [3.63, 3.8) is 0 Å². The van der Waals surface area contributed by atoms with Crippen molar-refractivity contribution < 1.29 is 0 Å². The summed E-state index contributed by atoms with van der Waals surface area (Å²) in [6.07, 6.45) is 0. The standard InChI is InChI=1S/C12H14BrClN4/c1-12(2,3)10-11(15)16-17-18(10)9-6-7(13)4-5-8(9)14/h4-6H,15H2,1-3H3. The Kier molecular flexibility index (Phi) is 3.38. The smallest absolute Gasteiger partial charge is 0.170 e. The summed E-state index contributed by atoms with van der Waals surface area (Å²) in [6, 6.07) is 5.58. The average molecular weight is 330 g/mol. The molecular weight excluding hydrogens is 316 g/mol. The van der Waals surface area contributed by atoms with Gasteiger partial charge in [0, 0.05) is 9.89 Å². The first kappa shape index (κ1) is 13.4. The Balaban J connectivity index is 2.69. The zero-order chi connectivity index (χ0) is 13.5. The van der Waals surface area contributed by atoms with Crippen LogP contribution in [0, 0.1) is 0 Å². The number of halogens is 2. The maximum Gasteiger partial charge on any atom is 0.170 e. The van der Waals surface area contributed by atoms with Crippen LogP contribution in [0.5, 0.6) is 0 Å². The summed E-state index contributed by atoms with van der Waals surface area (Å²) in [4.78, 5) is 0. The highest BCUT2D eigenvalue weighted by molar-refractivity contribution is 9.10. The molecule has 0 aliphatic heterocycles. The first-order chi connectivity index (χ1) is 8.30. The van der Waals surface area contributed by atoms with Gasteiger partial charge in [-0.25, -0.2) is 4.68 Å². The molecule has 2 rings (SSSR count). The molecule has 1 heterocycles. The van der Waals surface area contributed by atoms with Crippen LogP contribution in [-0.2, 0) is 5.41 Å². The molecule has 0 unspecified atom stereocenters. The highest BCUT2D eigenvalue weighted by Gasteiger charge is 2.25. The summed E-state index contributed by atoms with van der Waals surface area (Å²) in [5.74, 6) is 0.429. The summed E-state index contributed by atoms with van der Waals surface area (Å²) in [7, 11) is 0. The van der Waals surface area contributed by atoms with E-state index in [2.05, 4.69) is 47.0 Å². The van der Waals surface area contributed by atoms with Crippen LogP contribution in [0.4, 0.5) is 5.82 Å². The third-order valence-electron chi connectivity index (χ3n) is 2.54. The van der Waals surface area contributed by atoms with E-state index in [1.807, 2.05) is 18.2 Å². The van der Waals surface area contributed by atoms with E-state index in [1.54, 1.807) is 4.68 Å². The molecule has 1 aromatic carbocycles. The molecule has 2 N–H and O–H groups in total. The summed E-state index contributed by atoms with van der Waals surface area (Å²) < 4.78 is 2.62. The highest BCUT2D eigenvalue weighted by atomic mass is 79.9. The molecule has 0 atom stereocenters. The lowest BCUT2D eigenvalue weighted by Gasteiger charge is -2.20. The minimum atomic E-state index is -0.167. The third kappa shape index (κ3) is 2.37. The van der Waals surface area contributed by atoms with Gasteiger partial charge in [0.25, 0.3) is 0 Å². The molecule has 96 valence electrons. The molecule has 0 saturated carbocycles. The van der Waals surface area contributed by atoms with Gasteiger partial charge in [-0.2, -0.15) is 0 Å². The summed E-state index contributed by atoms with van der Waals surface area (Å²) in [6.45, 7) is 6.18. The topological polar surface area (TPSA) is 56.7 Å². The fraction of sp³-hybridized carbons (Fsp3) is 0.333. The number of hydrogen-bond donors (Lipinski definition) is 1. The molecule has 1 aromatic heterocycles. The number of hydrogen-bond acceptors (Lipinski definition) is 3. The van der Waals surface area contributed by atoms with Gasteiger partial charge in [-0.05, 0) is 18.2 Å². The minimum Gasteiger partial charge on any atom is -0.381 e. The molecule has 0 spiro atoms. The van der Waals surface area contributed by atoms with Gasteiger partial charge in [0.2, 0.25) is 0 Å². The monoisotopic (exact) mass is 328 g/mol. The van der Waals surface area contributed by atoms with Crippen LogP contribution < -0.4 is 5.73 Å². The van der Waals surface area contributed by atoms with Crippen LogP contribution in [-0.4, -0.2) is 15.0 Å². The molecular formula is C12H14BrClN4. The first-order valence-electron chi connectivity index (χ1n) is 5.48. The second-order valence-electron chi connectivity index (χ2n) is 5.08. The molecule has 0 bridgehead atoms. The van der Waals surface area contributed by atoms with Crippen LogP contribution in [0.3, 0.4) is 0 Å². The summed E-state index contributed by atoms with van der Waals surface area (Å²) in [5, 5.41) is 8.64. The van der Waals surface area contributed by atoms with Crippen LogP contribution in [0.1, 0.15) is 26.5 Å². The van der Waals surface area contributed by atoms with Crippen molar-refractivity contribution in [2.75, 3.05) is 5.73 Å². The Morgan fingerprint density at radius 1 is 1.33 bits per heavy atom. The molecule has 2 aromatic rings. The van der Waals surface area contributed by atoms with E-state index in [0.29, 0.717) is 10.8 Å². The van der Waals surface area contributed by atoms with Crippen LogP contribution in [0.15, 0.2) is 22.7 Å². The fourth-order valence-corrected chi connectivity index (χ4v) is 2.36. The van der Waals surface area contributed by atoms with E-state index in [0.717, 1.165) is 15.9 Å². The number of anilines is 1. The van der Waals surface area contributed by atoms with Crippen molar-refractivity contribution in [1.29, 1.82) is 0 Å². The van der Waals surface area contributed by atoms with E-state index in [4.69, 9.17) is 17.3 Å². The normalized spacial score (nSPS) is 11.8. The molecule has 0 radical (unpaired) electrons. The predicted octanol–water partition coefficient (Wildman–Crippen LogP) is 3.56. The van der Waals surface area contributed by atoms with Gasteiger partial charge in [0.1, 0.15) is 0 Å². The van der Waals surface area contributed by atoms with Gasteiger partial charge in [0.15, 0.2) is 5.82 Å². The predicted molar refractivity (Wildman–Crippen MR) is 77.2 cm³/mol. The highest BCUT2D eigenvalue weighted by Crippen LogP contribution is 2.31. The summed E-state index contributed by atoms with van der Waals surface area (Å²) in [5.41, 5.74) is 7.35. The lowest BCUT2D eigenvalue weighted by Crippen LogP contribution is -2.19. The van der Waals surface area contributed by atoms with Crippen LogP contribution >= 0.6 is 27.5 Å². The van der Waals surface area contributed by atoms with Gasteiger partial charge in [-0.3, -0.25) is 0 Å². The molecule has 0 saturated heterocycles. The quantitative estimate of drug-likeness (QED) is 0.870. The van der Waals surface area contributed by atoms with Crippen molar-refractivity contribution in [1.82, 2.24) is 15.0 Å². The SMILES string of the molecule is CC(C)(C)c1c(N)nnn1-c1cc(Br)ccc1Cl. The Bertz CT molecular complexity index is 586. The van der Waals surface area contributed by atoms with Crippen molar-refractivity contribution in [3.8, 4) is 5.69 Å². The van der Waals surface area contributed by atoms with Gasteiger partial charge in [0.05, 0.1) is 16.4 Å². The number of nitrogen functional groups attached to an aromatic ring is 1. The van der Waals surface area contributed by atoms with Gasteiger partial charge >= 0.3 is 0 Å². The zero-order valence-corrected chi connectivity index (χ0v) is 12.7. The van der Waals surface area contributed by atoms with Gasteiger partial charge < -0.3 is 5.73 Å². The van der Waals surface area contributed by atoms with Gasteiger partial charge in [-0.15, -0.1) is 5.10 Å². The summed E-state index contributed by atoms with van der Waals surface area (Å²) >= 11 is 9.64. The largest absolute Gasteiger partial charge is 0.381 e. The Morgan fingerprint density at radius 3 is 2.61 bits per heavy atom. The second-order valence-corrected chi connectivity index (χ2v) is 6.40. The first-order valence-corrected chi connectivity index (χ1v) is 6.65. The van der Waals surface area contributed by atoms with E-state index in [9.17, 15) is 0 Å². The third-order valence-corrected chi connectivity index (χ3v) is 3.36.